The van der Waals surface area contributed by atoms with E-state index < -0.39 is 5.69 Å². The number of carbonyl (C=O) groups excluding carboxylic acids is 2. The van der Waals surface area contributed by atoms with Gasteiger partial charge in [0, 0.05) is 36.9 Å². The Morgan fingerprint density at radius 3 is 2.60 bits per heavy atom. The number of aromatic nitrogens is 4. The lowest BCUT2D eigenvalue weighted by molar-refractivity contribution is -0.128. The maximum atomic E-state index is 14.2. The number of pyridine rings is 2. The summed E-state index contributed by atoms with van der Waals surface area (Å²) < 4.78 is 1.53. The minimum Gasteiger partial charge on any atom is -0.349 e. The largest absolute Gasteiger partial charge is 0.355 e. The molecule has 45 heavy (non-hydrogen) atoms. The molecule has 0 aliphatic carbocycles. The standard InChI is InChI=1S/C33H34ClN7O3.CH4/c1-7-26(43)39-15-20(6)40(16-19(39)5)31-23-14-24(34)29(22-10-8-9-21-13-25(42)36-28(21)22)37-32(23)41(33(44)38-31)30-18(4)11-12-35-27(30)17(2)3;/h7-12,14,17,19-20H,1,13,15-16H2,2-6H3,(H,36,42);1H4/t19-,20+;/m1./s1. The van der Waals surface area contributed by atoms with Gasteiger partial charge in [-0.25, -0.2) is 14.3 Å². The number of hydrogen-bond donors (Lipinski definition) is 1. The zero-order valence-electron chi connectivity index (χ0n) is 25.4. The van der Waals surface area contributed by atoms with Crippen molar-refractivity contribution in [2.24, 2.45) is 0 Å². The van der Waals surface area contributed by atoms with Gasteiger partial charge in [-0.3, -0.25) is 14.6 Å². The summed E-state index contributed by atoms with van der Waals surface area (Å²) in [4.78, 5) is 57.2. The van der Waals surface area contributed by atoms with Crippen LogP contribution in [0.5, 0.6) is 0 Å². The van der Waals surface area contributed by atoms with Crippen molar-refractivity contribution in [3.8, 4) is 16.9 Å². The fourth-order valence-corrected chi connectivity index (χ4v) is 6.55. The van der Waals surface area contributed by atoms with Crippen LogP contribution < -0.4 is 15.9 Å². The van der Waals surface area contributed by atoms with Crippen LogP contribution >= 0.6 is 11.6 Å². The van der Waals surface area contributed by atoms with E-state index in [2.05, 4.69) is 21.9 Å². The fourth-order valence-electron chi connectivity index (χ4n) is 6.29. The second-order valence-electron chi connectivity index (χ2n) is 11.9. The van der Waals surface area contributed by atoms with Crippen molar-refractivity contribution in [2.45, 2.75) is 66.5 Å². The number of piperazine rings is 1. The molecule has 0 bridgehead atoms. The number of carbonyl (C=O) groups is 2. The minimum absolute atomic E-state index is 0. The fraction of sp³-hybridized carbons (Fsp3) is 0.353. The lowest BCUT2D eigenvalue weighted by Crippen LogP contribution is -2.58. The Kier molecular flexibility index (Phi) is 8.55. The van der Waals surface area contributed by atoms with Gasteiger partial charge in [0.05, 0.1) is 39.6 Å². The van der Waals surface area contributed by atoms with Crippen molar-refractivity contribution >= 4 is 46.0 Å². The molecule has 0 radical (unpaired) electrons. The molecule has 6 rings (SSSR count). The van der Waals surface area contributed by atoms with Crippen LogP contribution in [0.4, 0.5) is 11.5 Å². The number of benzene rings is 1. The number of aryl methyl sites for hydroxylation is 1. The van der Waals surface area contributed by atoms with Crippen LogP contribution in [0.25, 0.3) is 28.0 Å². The number of nitrogens with one attached hydrogen (secondary N) is 1. The number of fused-ring (bicyclic) bond motifs is 2. The molecular formula is C34H38ClN7O3. The minimum atomic E-state index is -0.498. The van der Waals surface area contributed by atoms with Gasteiger partial charge in [-0.1, -0.05) is 57.7 Å². The lowest BCUT2D eigenvalue weighted by Gasteiger charge is -2.44. The molecule has 10 nitrogen and oxygen atoms in total. The van der Waals surface area contributed by atoms with E-state index in [1.165, 1.54) is 10.6 Å². The maximum absolute atomic E-state index is 14.2. The van der Waals surface area contributed by atoms with Crippen LogP contribution in [-0.2, 0) is 16.0 Å². The topological polar surface area (TPSA) is 113 Å². The third-order valence-corrected chi connectivity index (χ3v) is 8.75. The SMILES string of the molecule is C.C=CC(=O)N1C[C@H](C)N(c2nc(=O)n(-c3c(C)ccnc3C(C)C)c3nc(-c4cccc5c4NC(=O)C5)c(Cl)cc23)C[C@H]1C. The van der Waals surface area contributed by atoms with Crippen LogP contribution in [-0.4, -0.2) is 61.4 Å². The molecule has 0 unspecified atom stereocenters. The van der Waals surface area contributed by atoms with Gasteiger partial charge in [-0.2, -0.15) is 4.98 Å². The van der Waals surface area contributed by atoms with Crippen LogP contribution in [0.1, 0.15) is 57.9 Å². The van der Waals surface area contributed by atoms with E-state index >= 15 is 0 Å². The summed E-state index contributed by atoms with van der Waals surface area (Å²) in [6.45, 7) is 14.5. The molecule has 3 aromatic heterocycles. The molecule has 4 aromatic rings. The molecule has 5 heterocycles. The number of halogens is 1. The van der Waals surface area contributed by atoms with Crippen molar-refractivity contribution in [3.05, 3.63) is 81.5 Å². The zero-order chi connectivity index (χ0) is 31.4. The van der Waals surface area contributed by atoms with Gasteiger partial charge in [0.15, 0.2) is 5.65 Å². The smallest absolute Gasteiger partial charge is 0.349 e. The molecule has 11 heteroatoms. The molecular weight excluding hydrogens is 590 g/mol. The first-order chi connectivity index (χ1) is 21.0. The number of para-hydroxylation sites is 1. The molecule has 2 aliphatic rings. The lowest BCUT2D eigenvalue weighted by atomic mass is 10.0. The average molecular weight is 628 g/mol. The Morgan fingerprint density at radius 2 is 1.89 bits per heavy atom. The number of rotatable bonds is 5. The second-order valence-corrected chi connectivity index (χ2v) is 12.3. The van der Waals surface area contributed by atoms with Crippen molar-refractivity contribution in [1.29, 1.82) is 0 Å². The van der Waals surface area contributed by atoms with Crippen molar-refractivity contribution in [2.75, 3.05) is 23.3 Å². The van der Waals surface area contributed by atoms with E-state index in [9.17, 15) is 14.4 Å². The summed E-state index contributed by atoms with van der Waals surface area (Å²) in [6, 6.07) is 8.99. The summed E-state index contributed by atoms with van der Waals surface area (Å²) in [6.07, 6.45) is 3.34. The van der Waals surface area contributed by atoms with Crippen molar-refractivity contribution < 1.29 is 9.59 Å². The Balaban J connectivity index is 0.00000400. The van der Waals surface area contributed by atoms with Crippen LogP contribution in [0.2, 0.25) is 5.02 Å². The van der Waals surface area contributed by atoms with Crippen molar-refractivity contribution in [3.63, 3.8) is 0 Å². The van der Waals surface area contributed by atoms with Gasteiger partial charge in [0.2, 0.25) is 11.8 Å². The van der Waals surface area contributed by atoms with Gasteiger partial charge in [0.25, 0.3) is 0 Å². The summed E-state index contributed by atoms with van der Waals surface area (Å²) >= 11 is 7.00. The summed E-state index contributed by atoms with van der Waals surface area (Å²) in [5.41, 5.74) is 4.75. The highest BCUT2D eigenvalue weighted by atomic mass is 35.5. The third kappa shape index (κ3) is 5.37. The van der Waals surface area contributed by atoms with E-state index in [1.807, 2.05) is 63.8 Å². The average Bonchev–Trinajstić information content (AvgIpc) is 3.38. The first-order valence-corrected chi connectivity index (χ1v) is 15.1. The molecule has 0 saturated carbocycles. The molecule has 1 saturated heterocycles. The van der Waals surface area contributed by atoms with E-state index in [-0.39, 0.29) is 43.7 Å². The van der Waals surface area contributed by atoms with Gasteiger partial charge in [0.1, 0.15) is 5.82 Å². The van der Waals surface area contributed by atoms with E-state index in [4.69, 9.17) is 16.6 Å². The molecule has 2 atom stereocenters. The highest BCUT2D eigenvalue weighted by Gasteiger charge is 2.34. The highest BCUT2D eigenvalue weighted by Crippen LogP contribution is 2.40. The molecule has 1 aromatic carbocycles. The Morgan fingerprint density at radius 1 is 1.13 bits per heavy atom. The summed E-state index contributed by atoms with van der Waals surface area (Å²) in [7, 11) is 0. The summed E-state index contributed by atoms with van der Waals surface area (Å²) in [5, 5.41) is 3.89. The monoisotopic (exact) mass is 627 g/mol. The van der Waals surface area contributed by atoms with Crippen LogP contribution in [0.3, 0.4) is 0 Å². The maximum Gasteiger partial charge on any atom is 0.355 e. The van der Waals surface area contributed by atoms with Gasteiger partial charge < -0.3 is 15.1 Å². The molecule has 1 fully saturated rings. The van der Waals surface area contributed by atoms with Crippen LogP contribution in [0, 0.1) is 6.92 Å². The number of amides is 2. The Labute approximate surface area is 267 Å². The normalized spacial score (nSPS) is 17.7. The van der Waals surface area contributed by atoms with Gasteiger partial charge >= 0.3 is 5.69 Å². The van der Waals surface area contributed by atoms with E-state index in [1.54, 1.807) is 17.2 Å². The quantitative estimate of drug-likeness (QED) is 0.284. The molecule has 2 aliphatic heterocycles. The molecule has 2 amide bonds. The zero-order valence-corrected chi connectivity index (χ0v) is 26.1. The highest BCUT2D eigenvalue weighted by molar-refractivity contribution is 6.34. The summed E-state index contributed by atoms with van der Waals surface area (Å²) in [5.74, 6) is 0.230. The predicted molar refractivity (Wildman–Crippen MR) is 179 cm³/mol. The Hall–Kier alpha value is -4.57. The van der Waals surface area contributed by atoms with Crippen molar-refractivity contribution in [1.82, 2.24) is 24.4 Å². The van der Waals surface area contributed by atoms with E-state index in [0.717, 1.165) is 16.8 Å². The first kappa shape index (κ1) is 31.8. The Bertz CT molecular complexity index is 1920. The third-order valence-electron chi connectivity index (χ3n) is 8.46. The molecule has 1 N–H and O–H groups in total. The second kappa shape index (κ2) is 12.1. The number of hydrogen-bond acceptors (Lipinski definition) is 7. The molecule has 234 valence electrons. The van der Waals surface area contributed by atoms with Gasteiger partial charge in [-0.05, 0) is 56.0 Å². The van der Waals surface area contributed by atoms with Crippen LogP contribution in [0.15, 0.2) is 54.0 Å². The number of nitrogens with zero attached hydrogens (tertiary/aromatic N) is 6. The van der Waals surface area contributed by atoms with Gasteiger partial charge in [-0.15, -0.1) is 0 Å². The predicted octanol–water partition coefficient (Wildman–Crippen LogP) is 5.67. The molecule has 0 spiro atoms. The first-order valence-electron chi connectivity index (χ1n) is 14.7. The van der Waals surface area contributed by atoms with E-state index in [0.29, 0.717) is 57.6 Å². The number of anilines is 2.